The molecule has 0 bridgehead atoms. The summed E-state index contributed by atoms with van der Waals surface area (Å²) in [7, 11) is 1.52. The van der Waals surface area contributed by atoms with E-state index in [4.69, 9.17) is 19.4 Å². The summed E-state index contributed by atoms with van der Waals surface area (Å²) in [5.74, 6) is 0.339. The number of carbonyl (C=O) groups is 1. The number of methoxy groups -OCH3 is 1. The molecule has 1 aromatic carbocycles. The summed E-state index contributed by atoms with van der Waals surface area (Å²) in [5, 5.41) is 15.4. The van der Waals surface area contributed by atoms with Gasteiger partial charge in [-0.05, 0) is 54.8 Å². The maximum atomic E-state index is 13.2. The molecule has 1 saturated heterocycles. The Morgan fingerprint density at radius 3 is 2.51 bits per heavy atom. The van der Waals surface area contributed by atoms with Crippen molar-refractivity contribution in [1.82, 2.24) is 19.9 Å². The highest BCUT2D eigenvalue weighted by Gasteiger charge is 2.40. The number of aromatic nitrogens is 3. The van der Waals surface area contributed by atoms with E-state index >= 15 is 0 Å². The van der Waals surface area contributed by atoms with Crippen LogP contribution in [0.3, 0.4) is 0 Å². The Kier molecular flexibility index (Phi) is 8.29. The average molecular weight is 682 g/mol. The maximum Gasteiger partial charge on any atom is 0.343 e. The molecule has 0 radical (unpaired) electrons. The van der Waals surface area contributed by atoms with Gasteiger partial charge in [0.05, 0.1) is 35.2 Å². The molecule has 45 heavy (non-hydrogen) atoms. The first-order chi connectivity index (χ1) is 21.4. The number of piperazine rings is 1. The van der Waals surface area contributed by atoms with E-state index in [1.807, 2.05) is 21.9 Å². The molecule has 238 valence electrons. The highest BCUT2D eigenvalue weighted by Crippen LogP contribution is 2.45. The molecular formula is C31H37BrN8O5. The standard InChI is InChI=1S/C31H37BrN8O5/c1-18(2)45-29(41)20-16-33-30(36-28(20)39-17-31(3,4)27-22(39)8-9-26(32)35-27)34-21-14-24(40(42)43)23(15-25(21)44-5)38-12-10-37(11-13-38)19-6-7-19/h8-9,14-16,18-19H,6-7,10-13,17H2,1-5H3,(H,33,34,36). The number of nitrogens with zero attached hydrogens (tertiary/aromatic N) is 7. The molecule has 0 spiro atoms. The van der Waals surface area contributed by atoms with Gasteiger partial charge < -0.3 is 24.6 Å². The first-order valence-electron chi connectivity index (χ1n) is 15.1. The van der Waals surface area contributed by atoms with E-state index in [1.54, 1.807) is 19.9 Å². The molecule has 2 aromatic heterocycles. The third-order valence-corrected chi connectivity index (χ3v) is 8.81. The number of anilines is 5. The molecule has 3 aromatic rings. The second-order valence-electron chi connectivity index (χ2n) is 12.5. The number of benzene rings is 1. The van der Waals surface area contributed by atoms with Gasteiger partial charge in [0.25, 0.3) is 5.69 Å². The first kappa shape index (κ1) is 31.0. The molecule has 2 aliphatic heterocycles. The number of nitro groups is 1. The highest BCUT2D eigenvalue weighted by atomic mass is 79.9. The molecule has 6 rings (SSSR count). The molecule has 2 fully saturated rings. The van der Waals surface area contributed by atoms with E-state index in [9.17, 15) is 14.9 Å². The van der Waals surface area contributed by atoms with Crippen LogP contribution in [-0.2, 0) is 10.2 Å². The molecule has 14 heteroatoms. The van der Waals surface area contributed by atoms with Crippen molar-refractivity contribution in [1.29, 1.82) is 0 Å². The lowest BCUT2D eigenvalue weighted by Gasteiger charge is -2.36. The van der Waals surface area contributed by atoms with Gasteiger partial charge in [-0.25, -0.2) is 14.8 Å². The van der Waals surface area contributed by atoms with Crippen LogP contribution in [0.15, 0.2) is 35.1 Å². The smallest absolute Gasteiger partial charge is 0.343 e. The summed E-state index contributed by atoms with van der Waals surface area (Å²) >= 11 is 3.47. The van der Waals surface area contributed by atoms with Gasteiger partial charge in [-0.3, -0.25) is 15.0 Å². The van der Waals surface area contributed by atoms with Gasteiger partial charge in [0, 0.05) is 62.5 Å². The molecule has 1 aliphatic carbocycles. The Hall–Kier alpha value is -4.04. The number of pyridine rings is 1. The third-order valence-electron chi connectivity index (χ3n) is 8.37. The number of rotatable bonds is 9. The maximum absolute atomic E-state index is 13.2. The fraction of sp³-hybridized carbons (Fsp3) is 0.484. The lowest BCUT2D eigenvalue weighted by molar-refractivity contribution is -0.384. The lowest BCUT2D eigenvalue weighted by atomic mass is 9.91. The Morgan fingerprint density at radius 1 is 1.13 bits per heavy atom. The van der Waals surface area contributed by atoms with Gasteiger partial charge in [0.2, 0.25) is 5.95 Å². The summed E-state index contributed by atoms with van der Waals surface area (Å²) in [5.41, 5.74) is 2.33. The van der Waals surface area contributed by atoms with Crippen LogP contribution in [0.5, 0.6) is 5.75 Å². The number of fused-ring (bicyclic) bond motifs is 1. The second-order valence-corrected chi connectivity index (χ2v) is 13.3. The summed E-state index contributed by atoms with van der Waals surface area (Å²) in [6.45, 7) is 11.4. The van der Waals surface area contributed by atoms with Gasteiger partial charge in [-0.1, -0.05) is 13.8 Å². The quantitative estimate of drug-likeness (QED) is 0.131. The van der Waals surface area contributed by atoms with E-state index in [1.165, 1.54) is 32.2 Å². The minimum Gasteiger partial charge on any atom is -0.494 e. The number of nitrogens with one attached hydrogen (secondary N) is 1. The largest absolute Gasteiger partial charge is 0.494 e. The molecule has 1 saturated carbocycles. The number of nitro benzene ring substituents is 1. The van der Waals surface area contributed by atoms with Crippen molar-refractivity contribution < 1.29 is 19.2 Å². The van der Waals surface area contributed by atoms with Crippen molar-refractivity contribution in [3.05, 3.63) is 56.4 Å². The zero-order chi connectivity index (χ0) is 32.0. The van der Waals surface area contributed by atoms with Crippen LogP contribution in [0.1, 0.15) is 56.6 Å². The molecular weight excluding hydrogens is 644 g/mol. The van der Waals surface area contributed by atoms with E-state index < -0.39 is 5.97 Å². The zero-order valence-corrected chi connectivity index (χ0v) is 27.6. The van der Waals surface area contributed by atoms with E-state index in [0.29, 0.717) is 53.2 Å². The van der Waals surface area contributed by atoms with Crippen molar-refractivity contribution in [2.75, 3.05) is 55.0 Å². The number of hydrogen-bond donors (Lipinski definition) is 1. The predicted octanol–water partition coefficient (Wildman–Crippen LogP) is 5.57. The Morgan fingerprint density at radius 2 is 1.87 bits per heavy atom. The first-order valence-corrected chi connectivity index (χ1v) is 15.9. The molecule has 3 aliphatic rings. The topological polar surface area (TPSA) is 139 Å². The van der Waals surface area contributed by atoms with Gasteiger partial charge in [0.15, 0.2) is 5.82 Å². The summed E-state index contributed by atoms with van der Waals surface area (Å²) in [6, 6.07) is 7.59. The lowest BCUT2D eigenvalue weighted by Crippen LogP contribution is -2.47. The normalized spacial score (nSPS) is 17.8. The van der Waals surface area contributed by atoms with Crippen LogP contribution in [-0.4, -0.2) is 82.7 Å². The predicted molar refractivity (Wildman–Crippen MR) is 174 cm³/mol. The van der Waals surface area contributed by atoms with Crippen molar-refractivity contribution in [3.8, 4) is 5.75 Å². The number of esters is 1. The number of ether oxygens (including phenoxy) is 2. The minimum absolute atomic E-state index is 0.0394. The van der Waals surface area contributed by atoms with E-state index in [2.05, 4.69) is 45.0 Å². The fourth-order valence-electron chi connectivity index (χ4n) is 6.06. The number of carbonyl (C=O) groups excluding carboxylic acids is 1. The number of halogens is 1. The number of hydrogen-bond acceptors (Lipinski definition) is 12. The van der Waals surface area contributed by atoms with Gasteiger partial charge in [0.1, 0.15) is 21.6 Å². The van der Waals surface area contributed by atoms with Crippen LogP contribution < -0.4 is 19.9 Å². The highest BCUT2D eigenvalue weighted by molar-refractivity contribution is 9.10. The molecule has 4 heterocycles. The molecule has 0 amide bonds. The second kappa shape index (κ2) is 12.0. The van der Waals surface area contributed by atoms with E-state index in [-0.39, 0.29) is 33.6 Å². The van der Waals surface area contributed by atoms with Crippen molar-refractivity contribution >= 4 is 56.4 Å². The van der Waals surface area contributed by atoms with Crippen LogP contribution in [0.2, 0.25) is 0 Å². The monoisotopic (exact) mass is 680 g/mol. The fourth-order valence-corrected chi connectivity index (χ4v) is 6.37. The van der Waals surface area contributed by atoms with Gasteiger partial charge >= 0.3 is 5.97 Å². The minimum atomic E-state index is -0.553. The molecule has 0 unspecified atom stereocenters. The van der Waals surface area contributed by atoms with Crippen LogP contribution in [0.25, 0.3) is 0 Å². The van der Waals surface area contributed by atoms with Gasteiger partial charge in [-0.15, -0.1) is 0 Å². The molecule has 0 atom stereocenters. The Labute approximate surface area is 270 Å². The van der Waals surface area contributed by atoms with Crippen molar-refractivity contribution in [2.24, 2.45) is 0 Å². The summed E-state index contributed by atoms with van der Waals surface area (Å²) in [6.07, 6.45) is 3.54. The molecule has 13 nitrogen and oxygen atoms in total. The van der Waals surface area contributed by atoms with Gasteiger partial charge in [-0.2, -0.15) is 4.98 Å². The van der Waals surface area contributed by atoms with Crippen LogP contribution >= 0.6 is 15.9 Å². The molecule has 1 N–H and O–H groups in total. The zero-order valence-electron chi connectivity index (χ0n) is 26.0. The van der Waals surface area contributed by atoms with Crippen molar-refractivity contribution in [3.63, 3.8) is 0 Å². The van der Waals surface area contributed by atoms with Crippen LogP contribution in [0, 0.1) is 10.1 Å². The average Bonchev–Trinajstić information content (AvgIpc) is 3.81. The Balaban J connectivity index is 1.36. The Bertz CT molecular complexity index is 1640. The summed E-state index contributed by atoms with van der Waals surface area (Å²) < 4.78 is 11.9. The summed E-state index contributed by atoms with van der Waals surface area (Å²) in [4.78, 5) is 45.5. The SMILES string of the molecule is COc1cc(N2CCN(C3CC3)CC2)c([N+](=O)[O-])cc1Nc1ncc(C(=O)OC(C)C)c(N2CC(C)(C)c3nc(Br)ccc32)n1. The van der Waals surface area contributed by atoms with E-state index in [0.717, 1.165) is 24.5 Å². The third kappa shape index (κ3) is 6.25. The van der Waals surface area contributed by atoms with Crippen molar-refractivity contribution in [2.45, 2.75) is 58.1 Å². The van der Waals surface area contributed by atoms with Crippen LogP contribution in [0.4, 0.5) is 34.5 Å².